The van der Waals surface area contributed by atoms with Crippen molar-refractivity contribution in [2.75, 3.05) is 6.54 Å². The van der Waals surface area contributed by atoms with E-state index in [1.807, 2.05) is 10.6 Å². The average Bonchev–Trinajstić information content (AvgIpc) is 3.06. The standard InChI is InChI=1S/C31H43N7O15/c32-8-2-1-3-19(35-30(52)20(9-15-4-6-17(40)7-5-15)36-27(49)18(33)11-24(43)44)28(50)37-22(13-26(47)48)31(53)38-21(12-25(45)46)29(51)34-16(14-39)10-23(41)42/h4-7,14,16,18-22,40H,1-3,8-13,32-33H2,(H,34,51)(H,35,52)(H,36,49)(H,37,50)(H,38,53)(H,41,42)(H,43,44)(H,45,46)(H,47,48)/t16-,18-,19-,20-,21-,22-/m0/s1. The molecule has 5 amide bonds. The van der Waals surface area contributed by atoms with Gasteiger partial charge in [0.1, 0.15) is 36.2 Å². The van der Waals surface area contributed by atoms with Crippen LogP contribution < -0.4 is 38.1 Å². The summed E-state index contributed by atoms with van der Waals surface area (Å²) in [6.07, 6.45) is -3.67. The molecule has 0 aliphatic carbocycles. The first-order valence-corrected chi connectivity index (χ1v) is 15.9. The summed E-state index contributed by atoms with van der Waals surface area (Å²) < 4.78 is 0. The molecule has 53 heavy (non-hydrogen) atoms. The van der Waals surface area contributed by atoms with Crippen LogP contribution in [0.4, 0.5) is 0 Å². The molecule has 0 saturated carbocycles. The molecule has 0 fully saturated rings. The van der Waals surface area contributed by atoms with Crippen molar-refractivity contribution in [3.63, 3.8) is 0 Å². The van der Waals surface area contributed by atoms with E-state index in [9.17, 15) is 63.3 Å². The van der Waals surface area contributed by atoms with Crippen LogP contribution in [-0.2, 0) is 54.4 Å². The number of carboxylic acid groups (broad SMARTS) is 4. The van der Waals surface area contributed by atoms with Gasteiger partial charge in [0, 0.05) is 6.42 Å². The predicted molar refractivity (Wildman–Crippen MR) is 177 cm³/mol. The fourth-order valence-electron chi connectivity index (χ4n) is 4.59. The molecule has 0 aliphatic heterocycles. The maximum atomic E-state index is 13.6. The van der Waals surface area contributed by atoms with Gasteiger partial charge in [-0.05, 0) is 43.5 Å². The summed E-state index contributed by atoms with van der Waals surface area (Å²) in [7, 11) is 0. The number of amides is 5. The zero-order valence-electron chi connectivity index (χ0n) is 28.2. The second-order valence-electron chi connectivity index (χ2n) is 11.6. The van der Waals surface area contributed by atoms with Crippen molar-refractivity contribution in [1.29, 1.82) is 0 Å². The maximum absolute atomic E-state index is 13.6. The highest BCUT2D eigenvalue weighted by Crippen LogP contribution is 2.13. The van der Waals surface area contributed by atoms with E-state index in [0.717, 1.165) is 0 Å². The van der Waals surface area contributed by atoms with E-state index in [0.29, 0.717) is 12.0 Å². The number of nitrogens with two attached hydrogens (primary N) is 2. The zero-order chi connectivity index (χ0) is 40.2. The lowest BCUT2D eigenvalue weighted by atomic mass is 10.0. The van der Waals surface area contributed by atoms with Crippen molar-refractivity contribution < 1.29 is 73.5 Å². The van der Waals surface area contributed by atoms with Crippen molar-refractivity contribution >= 4 is 59.7 Å². The Labute approximate surface area is 301 Å². The van der Waals surface area contributed by atoms with E-state index in [1.165, 1.54) is 24.3 Å². The van der Waals surface area contributed by atoms with Gasteiger partial charge in [-0.1, -0.05) is 12.1 Å². The Morgan fingerprint density at radius 1 is 0.585 bits per heavy atom. The number of phenols is 1. The molecule has 0 bridgehead atoms. The smallest absolute Gasteiger partial charge is 0.305 e. The highest BCUT2D eigenvalue weighted by molar-refractivity contribution is 5.98. The largest absolute Gasteiger partial charge is 0.508 e. The van der Waals surface area contributed by atoms with Crippen LogP contribution in [0.5, 0.6) is 5.75 Å². The number of rotatable bonds is 25. The molecule has 22 heteroatoms. The van der Waals surface area contributed by atoms with E-state index in [1.54, 1.807) is 0 Å². The van der Waals surface area contributed by atoms with Gasteiger partial charge in [-0.2, -0.15) is 0 Å². The summed E-state index contributed by atoms with van der Waals surface area (Å²) >= 11 is 0. The van der Waals surface area contributed by atoms with Crippen molar-refractivity contribution in [2.45, 2.75) is 87.6 Å². The van der Waals surface area contributed by atoms with E-state index in [-0.39, 0.29) is 37.8 Å². The Bertz CT molecular complexity index is 1500. The molecule has 0 saturated heterocycles. The Kier molecular flexibility index (Phi) is 19.1. The summed E-state index contributed by atoms with van der Waals surface area (Å²) in [6, 6.07) is -4.73. The monoisotopic (exact) mass is 753 g/mol. The first-order chi connectivity index (χ1) is 24.9. The Morgan fingerprint density at radius 3 is 1.49 bits per heavy atom. The molecule has 0 spiro atoms. The number of phenolic OH excluding ortho intramolecular Hbond substituents is 1. The van der Waals surface area contributed by atoms with Gasteiger partial charge in [-0.15, -0.1) is 0 Å². The molecule has 0 unspecified atom stereocenters. The number of unbranched alkanes of at least 4 members (excludes halogenated alkanes) is 1. The molecule has 1 aromatic carbocycles. The second-order valence-corrected chi connectivity index (χ2v) is 11.6. The number of nitrogens with one attached hydrogen (secondary N) is 5. The molecular formula is C31H43N7O15. The quantitative estimate of drug-likeness (QED) is 0.0333. The lowest BCUT2D eigenvalue weighted by molar-refractivity contribution is -0.144. The molecule has 0 radical (unpaired) electrons. The average molecular weight is 754 g/mol. The van der Waals surface area contributed by atoms with Gasteiger partial charge in [0.15, 0.2) is 0 Å². The van der Waals surface area contributed by atoms with Crippen LogP contribution >= 0.6 is 0 Å². The topological polar surface area (TPSA) is 384 Å². The first kappa shape index (κ1) is 44.9. The fraction of sp³-hybridized carbons (Fsp3) is 0.484. The molecule has 1 aromatic rings. The third-order valence-electron chi connectivity index (χ3n) is 7.23. The lowest BCUT2D eigenvalue weighted by Gasteiger charge is -2.26. The maximum Gasteiger partial charge on any atom is 0.305 e. The predicted octanol–water partition coefficient (Wildman–Crippen LogP) is -4.09. The van der Waals surface area contributed by atoms with Crippen LogP contribution in [-0.4, -0.2) is 128 Å². The molecule has 292 valence electrons. The summed E-state index contributed by atoms with van der Waals surface area (Å²) in [5.74, 6) is -12.1. The van der Waals surface area contributed by atoms with Gasteiger partial charge in [-0.3, -0.25) is 43.2 Å². The second kappa shape index (κ2) is 22.6. The SMILES string of the molecule is NCCCC[C@H](NC(=O)[C@H](Cc1ccc(O)cc1)NC(=O)[C@@H](N)CC(=O)O)C(=O)N[C@@H](CC(=O)O)C(=O)N[C@@H](CC(=O)O)C(=O)N[C@H](C=O)CC(=O)O. The number of hydrogen-bond donors (Lipinski definition) is 12. The minimum atomic E-state index is -1.99. The number of aldehydes is 1. The Hall–Kier alpha value is -6.16. The number of aliphatic carboxylic acids is 4. The van der Waals surface area contributed by atoms with Crippen LogP contribution in [0.2, 0.25) is 0 Å². The Morgan fingerprint density at radius 2 is 1.02 bits per heavy atom. The number of aromatic hydroxyl groups is 1. The van der Waals surface area contributed by atoms with Gasteiger partial charge >= 0.3 is 23.9 Å². The molecular weight excluding hydrogens is 710 g/mol. The van der Waals surface area contributed by atoms with E-state index < -0.39 is 115 Å². The normalized spacial score (nSPS) is 14.1. The number of benzene rings is 1. The van der Waals surface area contributed by atoms with Crippen molar-refractivity contribution in [1.82, 2.24) is 26.6 Å². The molecule has 1 rings (SSSR count). The highest BCUT2D eigenvalue weighted by atomic mass is 16.4. The van der Waals surface area contributed by atoms with Gasteiger partial charge in [0.25, 0.3) is 0 Å². The highest BCUT2D eigenvalue weighted by Gasteiger charge is 2.34. The summed E-state index contributed by atoms with van der Waals surface area (Å²) in [6.45, 7) is 0.164. The van der Waals surface area contributed by atoms with Crippen LogP contribution in [0.3, 0.4) is 0 Å². The van der Waals surface area contributed by atoms with Gasteiger partial charge in [0.2, 0.25) is 29.5 Å². The number of hydrogen-bond acceptors (Lipinski definition) is 13. The van der Waals surface area contributed by atoms with Crippen molar-refractivity contribution in [3.8, 4) is 5.75 Å². The third-order valence-corrected chi connectivity index (χ3v) is 7.23. The first-order valence-electron chi connectivity index (χ1n) is 15.9. The molecule has 22 nitrogen and oxygen atoms in total. The molecule has 14 N–H and O–H groups in total. The van der Waals surface area contributed by atoms with E-state index >= 15 is 0 Å². The minimum Gasteiger partial charge on any atom is -0.508 e. The lowest BCUT2D eigenvalue weighted by Crippen LogP contribution is -2.60. The van der Waals surface area contributed by atoms with Crippen LogP contribution in [0.1, 0.15) is 50.5 Å². The minimum absolute atomic E-state index is 0.0589. The van der Waals surface area contributed by atoms with E-state index in [2.05, 4.69) is 16.0 Å². The van der Waals surface area contributed by atoms with Crippen LogP contribution in [0.25, 0.3) is 0 Å². The van der Waals surface area contributed by atoms with Crippen LogP contribution in [0.15, 0.2) is 24.3 Å². The summed E-state index contributed by atoms with van der Waals surface area (Å²) in [5.41, 5.74) is 11.6. The van der Waals surface area contributed by atoms with Gasteiger partial charge in [-0.25, -0.2) is 0 Å². The molecule has 0 heterocycles. The molecule has 0 aliphatic rings. The number of carbonyl (C=O) groups is 10. The van der Waals surface area contributed by atoms with Crippen molar-refractivity contribution in [3.05, 3.63) is 29.8 Å². The number of carboxylic acids is 4. The zero-order valence-corrected chi connectivity index (χ0v) is 28.2. The summed E-state index contributed by atoms with van der Waals surface area (Å²) in [5, 5.41) is 57.1. The molecule has 0 aromatic heterocycles. The Balaban J connectivity index is 3.35. The number of carbonyl (C=O) groups excluding carboxylic acids is 6. The third kappa shape index (κ3) is 17.6. The van der Waals surface area contributed by atoms with Crippen LogP contribution in [0, 0.1) is 0 Å². The van der Waals surface area contributed by atoms with Gasteiger partial charge < -0.3 is 68.4 Å². The van der Waals surface area contributed by atoms with Gasteiger partial charge in [0.05, 0.1) is 37.8 Å². The molecule has 6 atom stereocenters. The fourth-order valence-corrected chi connectivity index (χ4v) is 4.59. The summed E-state index contributed by atoms with van der Waals surface area (Å²) in [4.78, 5) is 122. The van der Waals surface area contributed by atoms with Crippen molar-refractivity contribution in [2.24, 2.45) is 11.5 Å². The van der Waals surface area contributed by atoms with E-state index in [4.69, 9.17) is 21.7 Å².